The van der Waals surface area contributed by atoms with Crippen molar-refractivity contribution in [3.8, 4) is 11.5 Å². The number of hydrogen-bond acceptors (Lipinski definition) is 5. The monoisotopic (exact) mass is 388 g/mol. The molecule has 2 unspecified atom stereocenters. The van der Waals surface area contributed by atoms with E-state index in [0.29, 0.717) is 18.6 Å². The second-order valence-corrected chi connectivity index (χ2v) is 9.08. The Morgan fingerprint density at radius 3 is 2.37 bits per heavy atom. The summed E-state index contributed by atoms with van der Waals surface area (Å²) >= 11 is 0. The van der Waals surface area contributed by atoms with Crippen molar-refractivity contribution >= 4 is 10.0 Å². The Morgan fingerprint density at radius 1 is 1.07 bits per heavy atom. The van der Waals surface area contributed by atoms with E-state index in [1.807, 2.05) is 25.1 Å². The summed E-state index contributed by atoms with van der Waals surface area (Å²) in [6, 6.07) is 8.89. The van der Waals surface area contributed by atoms with Crippen molar-refractivity contribution in [2.24, 2.45) is 0 Å². The van der Waals surface area contributed by atoms with Crippen molar-refractivity contribution in [3.05, 3.63) is 48.3 Å². The number of pyridine rings is 1. The van der Waals surface area contributed by atoms with Gasteiger partial charge >= 0.3 is 0 Å². The van der Waals surface area contributed by atoms with Crippen molar-refractivity contribution in [2.75, 3.05) is 7.11 Å². The fourth-order valence-corrected chi connectivity index (χ4v) is 6.42. The lowest BCUT2D eigenvalue weighted by molar-refractivity contribution is 0.0955. The summed E-state index contributed by atoms with van der Waals surface area (Å²) in [4.78, 5) is 4.26. The van der Waals surface area contributed by atoms with Crippen LogP contribution < -0.4 is 9.47 Å². The Kier molecular flexibility index (Phi) is 4.82. The molecular formula is C20H24N2O4S. The highest BCUT2D eigenvalue weighted by Crippen LogP contribution is 2.42. The van der Waals surface area contributed by atoms with Crippen LogP contribution in [0.15, 0.2) is 47.6 Å². The average molecular weight is 388 g/mol. The van der Waals surface area contributed by atoms with E-state index in [1.165, 1.54) is 7.11 Å². The van der Waals surface area contributed by atoms with Crippen LogP contribution in [0.25, 0.3) is 0 Å². The molecule has 4 rings (SSSR count). The summed E-state index contributed by atoms with van der Waals surface area (Å²) in [5.74, 6) is 1.18. The van der Waals surface area contributed by atoms with Gasteiger partial charge in [-0.2, -0.15) is 4.31 Å². The molecule has 2 aromatic rings. The van der Waals surface area contributed by atoms with Crippen LogP contribution in [0.3, 0.4) is 0 Å². The third kappa shape index (κ3) is 3.41. The Labute approximate surface area is 160 Å². The molecule has 2 aliphatic heterocycles. The number of aromatic nitrogens is 1. The molecule has 3 heterocycles. The van der Waals surface area contributed by atoms with Gasteiger partial charge in [-0.15, -0.1) is 0 Å². The quantitative estimate of drug-likeness (QED) is 0.787. The normalized spacial score (nSPS) is 25.3. The van der Waals surface area contributed by atoms with E-state index >= 15 is 0 Å². The van der Waals surface area contributed by atoms with Crippen LogP contribution in [0.2, 0.25) is 0 Å². The summed E-state index contributed by atoms with van der Waals surface area (Å²) in [5.41, 5.74) is 0.901. The van der Waals surface area contributed by atoms with Crippen molar-refractivity contribution in [1.82, 2.24) is 9.29 Å². The second-order valence-electron chi connectivity index (χ2n) is 7.27. The molecule has 27 heavy (non-hydrogen) atoms. The van der Waals surface area contributed by atoms with Gasteiger partial charge in [0.05, 0.1) is 7.11 Å². The van der Waals surface area contributed by atoms with Crippen LogP contribution in [0, 0.1) is 6.92 Å². The van der Waals surface area contributed by atoms with Gasteiger partial charge in [-0.1, -0.05) is 6.07 Å². The minimum Gasteiger partial charge on any atom is -0.495 e. The molecule has 144 valence electrons. The molecule has 1 aromatic heterocycles. The van der Waals surface area contributed by atoms with E-state index in [-0.39, 0.29) is 23.1 Å². The zero-order chi connectivity index (χ0) is 19.0. The molecule has 0 saturated carbocycles. The molecule has 2 saturated heterocycles. The first-order valence-electron chi connectivity index (χ1n) is 9.24. The van der Waals surface area contributed by atoms with Crippen LogP contribution >= 0.6 is 0 Å². The predicted octanol–water partition coefficient (Wildman–Crippen LogP) is 3.16. The van der Waals surface area contributed by atoms with Gasteiger partial charge in [-0.3, -0.25) is 4.98 Å². The highest BCUT2D eigenvalue weighted by atomic mass is 32.2. The zero-order valence-electron chi connectivity index (χ0n) is 15.5. The molecule has 0 N–H and O–H groups in total. The van der Waals surface area contributed by atoms with Crippen molar-refractivity contribution in [3.63, 3.8) is 0 Å². The van der Waals surface area contributed by atoms with Gasteiger partial charge in [0.2, 0.25) is 10.0 Å². The number of methoxy groups -OCH3 is 1. The lowest BCUT2D eigenvalue weighted by Crippen LogP contribution is -2.49. The lowest BCUT2D eigenvalue weighted by atomic mass is 10.0. The van der Waals surface area contributed by atoms with Crippen molar-refractivity contribution < 1.29 is 17.9 Å². The molecule has 7 heteroatoms. The van der Waals surface area contributed by atoms with Gasteiger partial charge in [-0.25, -0.2) is 8.42 Å². The topological polar surface area (TPSA) is 68.7 Å². The van der Waals surface area contributed by atoms with Crippen LogP contribution in [0.5, 0.6) is 11.5 Å². The minimum absolute atomic E-state index is 0.0238. The van der Waals surface area contributed by atoms with Crippen LogP contribution in [0.1, 0.15) is 31.2 Å². The van der Waals surface area contributed by atoms with E-state index in [9.17, 15) is 8.42 Å². The zero-order valence-corrected chi connectivity index (χ0v) is 16.4. The third-order valence-corrected chi connectivity index (χ3v) is 7.48. The summed E-state index contributed by atoms with van der Waals surface area (Å²) in [6.07, 6.45) is 6.57. The standard InChI is InChI=1S/C20H24N2O4S/c1-14-3-6-19(25-2)20(11-14)27(23,24)22-15-4-5-16(22)13-18(12-15)26-17-7-9-21-10-8-17/h3,6-11,15-16,18H,4-5,12-13H2,1-2H3. The van der Waals surface area contributed by atoms with Crippen LogP contribution in [0.4, 0.5) is 0 Å². The molecule has 2 atom stereocenters. The first-order valence-corrected chi connectivity index (χ1v) is 10.7. The smallest absolute Gasteiger partial charge is 0.247 e. The number of rotatable bonds is 5. The highest BCUT2D eigenvalue weighted by Gasteiger charge is 2.48. The van der Waals surface area contributed by atoms with Gasteiger partial charge in [0, 0.05) is 37.3 Å². The molecule has 0 amide bonds. The number of benzene rings is 1. The molecule has 0 aliphatic carbocycles. The Hall–Kier alpha value is -2.12. The van der Waals surface area contributed by atoms with Gasteiger partial charge in [-0.05, 0) is 49.6 Å². The second kappa shape index (κ2) is 7.13. The van der Waals surface area contributed by atoms with E-state index in [2.05, 4.69) is 4.98 Å². The number of nitrogens with zero attached hydrogens (tertiary/aromatic N) is 2. The molecule has 0 radical (unpaired) electrons. The number of fused-ring (bicyclic) bond motifs is 2. The first-order chi connectivity index (χ1) is 13.0. The van der Waals surface area contributed by atoms with Crippen LogP contribution in [-0.4, -0.2) is 43.0 Å². The van der Waals surface area contributed by atoms with Gasteiger partial charge in [0.15, 0.2) is 0 Å². The van der Waals surface area contributed by atoms with E-state index in [4.69, 9.17) is 9.47 Å². The molecule has 2 fully saturated rings. The molecule has 2 aliphatic rings. The van der Waals surface area contributed by atoms with E-state index in [1.54, 1.807) is 28.8 Å². The fraction of sp³-hybridized carbons (Fsp3) is 0.450. The Balaban J connectivity index is 1.58. The van der Waals surface area contributed by atoms with E-state index < -0.39 is 10.0 Å². The number of hydrogen-bond donors (Lipinski definition) is 0. The fourth-order valence-electron chi connectivity index (χ4n) is 4.28. The first kappa shape index (κ1) is 18.3. The minimum atomic E-state index is -3.62. The Morgan fingerprint density at radius 2 is 1.74 bits per heavy atom. The SMILES string of the molecule is COc1ccc(C)cc1S(=O)(=O)N1C2CCC1CC(Oc1ccncc1)C2. The highest BCUT2D eigenvalue weighted by molar-refractivity contribution is 7.89. The van der Waals surface area contributed by atoms with Gasteiger partial charge in [0.25, 0.3) is 0 Å². The molecular weight excluding hydrogens is 364 g/mol. The predicted molar refractivity (Wildman–Crippen MR) is 101 cm³/mol. The summed E-state index contributed by atoms with van der Waals surface area (Å²) in [7, 11) is -2.11. The maximum absolute atomic E-state index is 13.4. The number of aryl methyl sites for hydroxylation is 1. The Bertz CT molecular complexity index is 903. The maximum atomic E-state index is 13.4. The van der Waals surface area contributed by atoms with Crippen LogP contribution in [-0.2, 0) is 10.0 Å². The number of ether oxygens (including phenoxy) is 2. The van der Waals surface area contributed by atoms with Gasteiger partial charge < -0.3 is 9.47 Å². The number of piperidine rings is 1. The lowest BCUT2D eigenvalue weighted by Gasteiger charge is -2.38. The molecule has 6 nitrogen and oxygen atoms in total. The third-order valence-electron chi connectivity index (χ3n) is 5.45. The molecule has 2 bridgehead atoms. The average Bonchev–Trinajstić information content (AvgIpc) is 2.95. The summed E-state index contributed by atoms with van der Waals surface area (Å²) < 4.78 is 40.0. The van der Waals surface area contributed by atoms with Crippen molar-refractivity contribution in [2.45, 2.75) is 55.7 Å². The molecule has 0 spiro atoms. The van der Waals surface area contributed by atoms with E-state index in [0.717, 1.165) is 24.2 Å². The maximum Gasteiger partial charge on any atom is 0.247 e. The summed E-state index contributed by atoms with van der Waals surface area (Å²) in [5, 5.41) is 0. The van der Waals surface area contributed by atoms with Gasteiger partial charge in [0.1, 0.15) is 22.5 Å². The number of sulfonamides is 1. The largest absolute Gasteiger partial charge is 0.495 e. The molecule has 1 aromatic carbocycles. The summed E-state index contributed by atoms with van der Waals surface area (Å²) in [6.45, 7) is 1.89. The van der Waals surface area contributed by atoms with Crippen molar-refractivity contribution in [1.29, 1.82) is 0 Å².